The molecule has 5 rings (SSSR count). The molecule has 1 aliphatic rings. The molecule has 1 N–H and O–H groups in total. The molecule has 1 fully saturated rings. The first-order chi connectivity index (χ1) is 17.9. The second-order valence-corrected chi connectivity index (χ2v) is 9.10. The van der Waals surface area contributed by atoms with Gasteiger partial charge in [0.15, 0.2) is 5.82 Å². The molecule has 1 aliphatic heterocycles. The van der Waals surface area contributed by atoms with Gasteiger partial charge in [-0.2, -0.15) is 0 Å². The standard InChI is InChI=1S/C25H28N8O4/c1-17-3-8-22-18(15-17)16-21(25(34)26-22)23(24-27-28-29-32(24)13-14-37-2)31-11-9-30(10-12-31)19-4-6-20(7-5-19)33(35)36/h3-8,15-16,23H,9-14H2,1-2H3,(H,26,34)/t23-/m1/s1. The number of nitro benzene ring substituents is 1. The van der Waals surface area contributed by atoms with Gasteiger partial charge in [0.05, 0.1) is 18.1 Å². The van der Waals surface area contributed by atoms with Crippen LogP contribution in [0.15, 0.2) is 53.3 Å². The van der Waals surface area contributed by atoms with Crippen molar-refractivity contribution < 1.29 is 9.66 Å². The molecule has 0 unspecified atom stereocenters. The maximum atomic E-state index is 13.3. The van der Waals surface area contributed by atoms with Crippen molar-refractivity contribution in [3.8, 4) is 0 Å². The summed E-state index contributed by atoms with van der Waals surface area (Å²) in [5, 5.41) is 24.4. The number of aromatic nitrogens is 5. The minimum absolute atomic E-state index is 0.0658. The molecular weight excluding hydrogens is 476 g/mol. The Bertz CT molecular complexity index is 1460. The number of nitrogens with one attached hydrogen (secondary N) is 1. The molecule has 0 aliphatic carbocycles. The number of pyridine rings is 1. The summed E-state index contributed by atoms with van der Waals surface area (Å²) in [7, 11) is 1.62. The Morgan fingerprint density at radius 3 is 2.57 bits per heavy atom. The number of hydrogen-bond acceptors (Lipinski definition) is 9. The summed E-state index contributed by atoms with van der Waals surface area (Å²) in [6.45, 7) is 5.56. The van der Waals surface area contributed by atoms with Crippen LogP contribution < -0.4 is 10.5 Å². The summed E-state index contributed by atoms with van der Waals surface area (Å²) in [4.78, 5) is 31.4. The molecule has 0 radical (unpaired) electrons. The highest BCUT2D eigenvalue weighted by Crippen LogP contribution is 2.29. The lowest BCUT2D eigenvalue weighted by Crippen LogP contribution is -2.49. The molecule has 0 saturated carbocycles. The number of benzene rings is 2. The number of methoxy groups -OCH3 is 1. The van der Waals surface area contributed by atoms with E-state index in [1.807, 2.05) is 31.2 Å². The zero-order chi connectivity index (χ0) is 25.9. The van der Waals surface area contributed by atoms with Crippen molar-refractivity contribution in [2.24, 2.45) is 0 Å². The first kappa shape index (κ1) is 24.5. The number of anilines is 1. The number of aromatic amines is 1. The Labute approximate surface area is 212 Å². The third-order valence-corrected chi connectivity index (χ3v) is 6.74. The minimum Gasteiger partial charge on any atom is -0.383 e. The van der Waals surface area contributed by atoms with Gasteiger partial charge in [-0.05, 0) is 53.1 Å². The lowest BCUT2D eigenvalue weighted by Gasteiger charge is -2.39. The number of rotatable bonds is 8. The van der Waals surface area contributed by atoms with Crippen LogP contribution in [0, 0.1) is 17.0 Å². The van der Waals surface area contributed by atoms with E-state index in [1.165, 1.54) is 12.1 Å². The van der Waals surface area contributed by atoms with Crippen LogP contribution in [0.2, 0.25) is 0 Å². The van der Waals surface area contributed by atoms with Crippen LogP contribution in [0.5, 0.6) is 0 Å². The van der Waals surface area contributed by atoms with Gasteiger partial charge in [-0.3, -0.25) is 19.8 Å². The summed E-state index contributed by atoms with van der Waals surface area (Å²) < 4.78 is 6.93. The Kier molecular flexibility index (Phi) is 6.93. The first-order valence-electron chi connectivity index (χ1n) is 12.1. The van der Waals surface area contributed by atoms with Crippen LogP contribution in [0.25, 0.3) is 10.9 Å². The number of aryl methyl sites for hydroxylation is 1. The van der Waals surface area contributed by atoms with E-state index < -0.39 is 11.0 Å². The number of piperazine rings is 1. The summed E-state index contributed by atoms with van der Waals surface area (Å²) >= 11 is 0. The van der Waals surface area contributed by atoms with Gasteiger partial charge in [-0.1, -0.05) is 11.6 Å². The summed E-state index contributed by atoms with van der Waals surface area (Å²) in [6.07, 6.45) is 0. The average Bonchev–Trinajstić information content (AvgIpc) is 3.36. The van der Waals surface area contributed by atoms with E-state index in [1.54, 1.807) is 23.9 Å². The van der Waals surface area contributed by atoms with Gasteiger partial charge in [-0.25, -0.2) is 4.68 Å². The fraction of sp³-hybridized carbons (Fsp3) is 0.360. The lowest BCUT2D eigenvalue weighted by atomic mass is 10.0. The Balaban J connectivity index is 1.48. The zero-order valence-electron chi connectivity index (χ0n) is 20.7. The van der Waals surface area contributed by atoms with Crippen LogP contribution in [0.1, 0.15) is 23.0 Å². The van der Waals surface area contributed by atoms with E-state index in [9.17, 15) is 14.9 Å². The largest absolute Gasteiger partial charge is 0.383 e. The van der Waals surface area contributed by atoms with Gasteiger partial charge < -0.3 is 14.6 Å². The van der Waals surface area contributed by atoms with Gasteiger partial charge >= 0.3 is 0 Å². The fourth-order valence-electron chi connectivity index (χ4n) is 4.81. The predicted octanol–water partition coefficient (Wildman–Crippen LogP) is 2.29. The molecule has 4 aromatic rings. The predicted molar refractivity (Wildman–Crippen MR) is 138 cm³/mol. The molecule has 0 spiro atoms. The normalized spacial score (nSPS) is 15.2. The van der Waals surface area contributed by atoms with E-state index in [-0.39, 0.29) is 11.2 Å². The molecule has 0 bridgehead atoms. The lowest BCUT2D eigenvalue weighted by molar-refractivity contribution is -0.384. The molecule has 12 heteroatoms. The number of nitrogens with zero attached hydrogens (tertiary/aromatic N) is 7. The molecule has 0 amide bonds. The van der Waals surface area contributed by atoms with E-state index in [0.717, 1.165) is 22.2 Å². The van der Waals surface area contributed by atoms with Crippen molar-refractivity contribution in [3.05, 3.63) is 86.0 Å². The van der Waals surface area contributed by atoms with Gasteiger partial charge in [0, 0.05) is 62.2 Å². The highest BCUT2D eigenvalue weighted by Gasteiger charge is 2.32. The fourth-order valence-corrected chi connectivity index (χ4v) is 4.81. The third-order valence-electron chi connectivity index (χ3n) is 6.74. The number of H-pyrrole nitrogens is 1. The number of tetrazole rings is 1. The summed E-state index contributed by atoms with van der Waals surface area (Å²) in [5.41, 5.74) is 3.27. The van der Waals surface area contributed by atoms with Crippen LogP contribution >= 0.6 is 0 Å². The minimum atomic E-state index is -0.459. The van der Waals surface area contributed by atoms with Gasteiger partial charge in [0.1, 0.15) is 6.04 Å². The molecule has 37 heavy (non-hydrogen) atoms. The molecular formula is C25H28N8O4. The SMILES string of the molecule is COCCn1nnnc1[C@@H](c1cc2cc(C)ccc2[nH]c1=O)N1CCN(c2ccc([N+](=O)[O-])cc2)CC1. The topological polar surface area (TPSA) is 135 Å². The molecule has 3 heterocycles. The second-order valence-electron chi connectivity index (χ2n) is 9.10. The molecule has 2 aromatic carbocycles. The number of nitro groups is 1. The van der Waals surface area contributed by atoms with Crippen molar-refractivity contribution >= 4 is 22.3 Å². The maximum Gasteiger partial charge on any atom is 0.269 e. The Morgan fingerprint density at radius 2 is 1.86 bits per heavy atom. The van der Waals surface area contributed by atoms with E-state index in [4.69, 9.17) is 4.74 Å². The number of hydrogen-bond donors (Lipinski definition) is 1. The van der Waals surface area contributed by atoms with Crippen LogP contribution in [-0.4, -0.2) is 74.9 Å². The van der Waals surface area contributed by atoms with Crippen LogP contribution in [-0.2, 0) is 11.3 Å². The molecule has 2 aromatic heterocycles. The van der Waals surface area contributed by atoms with E-state index in [0.29, 0.717) is 50.7 Å². The molecule has 1 atom stereocenters. The zero-order valence-corrected chi connectivity index (χ0v) is 20.7. The number of fused-ring (bicyclic) bond motifs is 1. The second kappa shape index (κ2) is 10.4. The van der Waals surface area contributed by atoms with Crippen molar-refractivity contribution in [1.29, 1.82) is 0 Å². The van der Waals surface area contributed by atoms with E-state index in [2.05, 4.69) is 30.3 Å². The smallest absolute Gasteiger partial charge is 0.269 e. The van der Waals surface area contributed by atoms with Crippen molar-refractivity contribution in [3.63, 3.8) is 0 Å². The Morgan fingerprint density at radius 1 is 1.11 bits per heavy atom. The molecule has 1 saturated heterocycles. The quantitative estimate of drug-likeness (QED) is 0.283. The van der Waals surface area contributed by atoms with Gasteiger partial charge in [-0.15, -0.1) is 5.10 Å². The summed E-state index contributed by atoms with van der Waals surface area (Å²) in [5.74, 6) is 0.582. The molecule has 192 valence electrons. The van der Waals surface area contributed by atoms with E-state index >= 15 is 0 Å². The third kappa shape index (κ3) is 5.06. The van der Waals surface area contributed by atoms with Gasteiger partial charge in [0.2, 0.25) is 0 Å². The van der Waals surface area contributed by atoms with Crippen LogP contribution in [0.4, 0.5) is 11.4 Å². The number of ether oxygens (including phenoxy) is 1. The van der Waals surface area contributed by atoms with Gasteiger partial charge in [0.25, 0.3) is 11.2 Å². The Hall–Kier alpha value is -4.16. The maximum absolute atomic E-state index is 13.3. The average molecular weight is 505 g/mol. The highest BCUT2D eigenvalue weighted by atomic mass is 16.6. The highest BCUT2D eigenvalue weighted by molar-refractivity contribution is 5.79. The van der Waals surface area contributed by atoms with Crippen molar-refractivity contribution in [2.45, 2.75) is 19.5 Å². The monoisotopic (exact) mass is 504 g/mol. The summed E-state index contributed by atoms with van der Waals surface area (Å²) in [6, 6.07) is 14.0. The number of non-ortho nitro benzene ring substituents is 1. The van der Waals surface area contributed by atoms with Crippen LogP contribution in [0.3, 0.4) is 0 Å². The first-order valence-corrected chi connectivity index (χ1v) is 12.1. The molecule has 12 nitrogen and oxygen atoms in total. The van der Waals surface area contributed by atoms with Crippen molar-refractivity contribution in [1.82, 2.24) is 30.1 Å². The van der Waals surface area contributed by atoms with Crippen molar-refractivity contribution in [2.75, 3.05) is 44.8 Å².